The van der Waals surface area contributed by atoms with Gasteiger partial charge in [0.15, 0.2) is 0 Å². The van der Waals surface area contributed by atoms with Gasteiger partial charge in [0, 0.05) is 34.7 Å². The summed E-state index contributed by atoms with van der Waals surface area (Å²) >= 11 is 3.61. The van der Waals surface area contributed by atoms with Crippen LogP contribution in [0.25, 0.3) is 10.9 Å². The molecule has 0 saturated heterocycles. The second-order valence-corrected chi connectivity index (χ2v) is 4.43. The lowest BCUT2D eigenvalue weighted by atomic mass is 10.2. The van der Waals surface area contributed by atoms with E-state index in [1.165, 1.54) is 11.1 Å². The van der Waals surface area contributed by atoms with Gasteiger partial charge >= 0.3 is 0 Å². The van der Waals surface area contributed by atoms with Crippen molar-refractivity contribution in [2.45, 2.75) is 6.42 Å². The van der Waals surface area contributed by atoms with Crippen LogP contribution in [0.1, 0.15) is 5.69 Å². The predicted octanol–water partition coefficient (Wildman–Crippen LogP) is 2.02. The van der Waals surface area contributed by atoms with Crippen molar-refractivity contribution in [1.82, 2.24) is 4.57 Å². The minimum absolute atomic E-state index is 0.651. The molecule has 2 rings (SSSR count). The van der Waals surface area contributed by atoms with Crippen molar-refractivity contribution in [3.8, 4) is 0 Å². The highest BCUT2D eigenvalue weighted by atomic mass is 79.9. The lowest BCUT2D eigenvalue weighted by Gasteiger charge is -2.02. The van der Waals surface area contributed by atoms with E-state index in [9.17, 15) is 0 Å². The molecule has 0 aliphatic rings. The number of nitrogen functional groups attached to an aromatic ring is 1. The maximum atomic E-state index is 5.77. The zero-order valence-corrected chi connectivity index (χ0v) is 10.2. The third kappa shape index (κ3) is 1.64. The van der Waals surface area contributed by atoms with E-state index in [0.29, 0.717) is 6.54 Å². The van der Waals surface area contributed by atoms with Gasteiger partial charge in [0.1, 0.15) is 0 Å². The summed E-state index contributed by atoms with van der Waals surface area (Å²) in [5, 5.41) is 1.19. The van der Waals surface area contributed by atoms with Crippen molar-refractivity contribution in [2.75, 3.05) is 12.3 Å². The largest absolute Gasteiger partial charge is 0.399 e. The van der Waals surface area contributed by atoms with Crippen LogP contribution in [0.3, 0.4) is 0 Å². The van der Waals surface area contributed by atoms with Crippen LogP contribution in [-0.2, 0) is 13.5 Å². The van der Waals surface area contributed by atoms with Gasteiger partial charge in [-0.05, 0) is 40.7 Å². The normalized spacial score (nSPS) is 11.1. The fourth-order valence-electron chi connectivity index (χ4n) is 1.87. The van der Waals surface area contributed by atoms with Gasteiger partial charge in [-0.3, -0.25) is 0 Å². The van der Waals surface area contributed by atoms with E-state index < -0.39 is 0 Å². The van der Waals surface area contributed by atoms with Gasteiger partial charge in [0.25, 0.3) is 0 Å². The van der Waals surface area contributed by atoms with Crippen LogP contribution >= 0.6 is 15.9 Å². The van der Waals surface area contributed by atoms with Crippen LogP contribution < -0.4 is 11.5 Å². The summed E-state index contributed by atoms with van der Waals surface area (Å²) in [6.45, 7) is 0.651. The summed E-state index contributed by atoms with van der Waals surface area (Å²) in [5.74, 6) is 0. The van der Waals surface area contributed by atoms with Crippen LogP contribution in [0, 0.1) is 0 Å². The molecule has 0 saturated carbocycles. The smallest absolute Gasteiger partial charge is 0.0512 e. The summed E-state index contributed by atoms with van der Waals surface area (Å²) < 4.78 is 3.27. The Morgan fingerprint density at radius 2 is 2.13 bits per heavy atom. The van der Waals surface area contributed by atoms with E-state index in [2.05, 4.69) is 20.5 Å². The maximum absolute atomic E-state index is 5.77. The zero-order chi connectivity index (χ0) is 11.0. The van der Waals surface area contributed by atoms with E-state index in [4.69, 9.17) is 11.5 Å². The van der Waals surface area contributed by atoms with Gasteiger partial charge in [-0.2, -0.15) is 0 Å². The highest BCUT2D eigenvalue weighted by Gasteiger charge is 2.11. The van der Waals surface area contributed by atoms with Crippen LogP contribution in [0.4, 0.5) is 5.69 Å². The fourth-order valence-corrected chi connectivity index (χ4v) is 2.67. The number of benzene rings is 1. The van der Waals surface area contributed by atoms with Crippen molar-refractivity contribution < 1.29 is 0 Å². The molecule has 3 nitrogen and oxygen atoms in total. The zero-order valence-electron chi connectivity index (χ0n) is 8.63. The van der Waals surface area contributed by atoms with Crippen LogP contribution in [0.5, 0.6) is 0 Å². The molecule has 4 heteroatoms. The highest BCUT2D eigenvalue weighted by molar-refractivity contribution is 9.10. The molecule has 80 valence electrons. The summed E-state index contributed by atoms with van der Waals surface area (Å²) in [4.78, 5) is 0. The minimum atomic E-state index is 0.651. The van der Waals surface area contributed by atoms with Crippen molar-refractivity contribution in [2.24, 2.45) is 12.8 Å². The highest BCUT2D eigenvalue weighted by Crippen LogP contribution is 2.31. The molecule has 0 radical (unpaired) electrons. The maximum Gasteiger partial charge on any atom is 0.0512 e. The van der Waals surface area contributed by atoms with Gasteiger partial charge in [0.2, 0.25) is 0 Å². The Bertz CT molecular complexity index is 502. The molecule has 1 heterocycles. The van der Waals surface area contributed by atoms with Crippen molar-refractivity contribution in [3.63, 3.8) is 0 Å². The second-order valence-electron chi connectivity index (χ2n) is 3.63. The van der Waals surface area contributed by atoms with Gasteiger partial charge in [0.05, 0.1) is 5.52 Å². The second kappa shape index (κ2) is 3.87. The first-order valence-corrected chi connectivity index (χ1v) is 5.66. The molecule has 0 aliphatic carbocycles. The average Bonchev–Trinajstić information content (AvgIpc) is 2.44. The number of aryl methyl sites for hydroxylation is 1. The molecule has 0 spiro atoms. The first kappa shape index (κ1) is 10.5. The molecule has 0 fully saturated rings. The molecular formula is C11H14BrN3. The van der Waals surface area contributed by atoms with Crippen molar-refractivity contribution in [1.29, 1.82) is 0 Å². The summed E-state index contributed by atoms with van der Waals surface area (Å²) in [6.07, 6.45) is 0.867. The Labute approximate surface area is 97.2 Å². The van der Waals surface area contributed by atoms with E-state index >= 15 is 0 Å². The summed E-state index contributed by atoms with van der Waals surface area (Å²) in [7, 11) is 2.04. The Kier molecular flexibility index (Phi) is 2.71. The molecule has 0 bridgehead atoms. The summed E-state index contributed by atoms with van der Waals surface area (Å²) in [5.41, 5.74) is 14.5. The third-order valence-corrected chi connectivity index (χ3v) is 3.54. The van der Waals surface area contributed by atoms with Gasteiger partial charge in [-0.1, -0.05) is 0 Å². The number of fused-ring (bicyclic) bond motifs is 1. The molecule has 15 heavy (non-hydrogen) atoms. The van der Waals surface area contributed by atoms with E-state index in [0.717, 1.165) is 22.1 Å². The number of aromatic nitrogens is 1. The van der Waals surface area contributed by atoms with Crippen LogP contribution in [0.15, 0.2) is 22.7 Å². The standard InChI is InChI=1S/C11H14BrN3/c1-15-9(4-5-13)11(12)8-3-2-7(14)6-10(8)15/h2-3,6H,4-5,13-14H2,1H3. The fraction of sp³-hybridized carbons (Fsp3) is 0.273. The number of halogens is 1. The van der Waals surface area contributed by atoms with Crippen molar-refractivity contribution in [3.05, 3.63) is 28.4 Å². The Morgan fingerprint density at radius 1 is 1.40 bits per heavy atom. The lowest BCUT2D eigenvalue weighted by Crippen LogP contribution is -2.06. The molecule has 0 atom stereocenters. The Morgan fingerprint density at radius 3 is 2.80 bits per heavy atom. The molecule has 0 amide bonds. The number of nitrogens with zero attached hydrogens (tertiary/aromatic N) is 1. The average molecular weight is 268 g/mol. The number of hydrogen-bond acceptors (Lipinski definition) is 2. The Balaban J connectivity index is 2.73. The number of anilines is 1. The van der Waals surface area contributed by atoms with E-state index in [1.807, 2.05) is 25.2 Å². The van der Waals surface area contributed by atoms with Gasteiger partial charge in [-0.15, -0.1) is 0 Å². The molecule has 0 aliphatic heterocycles. The number of rotatable bonds is 2. The first-order valence-electron chi connectivity index (χ1n) is 4.87. The van der Waals surface area contributed by atoms with Gasteiger partial charge in [-0.25, -0.2) is 0 Å². The number of nitrogens with two attached hydrogens (primary N) is 2. The summed E-state index contributed by atoms with van der Waals surface area (Å²) in [6, 6.07) is 5.94. The topological polar surface area (TPSA) is 57.0 Å². The third-order valence-electron chi connectivity index (χ3n) is 2.66. The monoisotopic (exact) mass is 267 g/mol. The molecule has 1 aromatic heterocycles. The van der Waals surface area contributed by atoms with Crippen LogP contribution in [-0.4, -0.2) is 11.1 Å². The lowest BCUT2D eigenvalue weighted by molar-refractivity contribution is 0.823. The van der Waals surface area contributed by atoms with Gasteiger partial charge < -0.3 is 16.0 Å². The van der Waals surface area contributed by atoms with Crippen LogP contribution in [0.2, 0.25) is 0 Å². The Hall–Kier alpha value is -1.00. The molecule has 4 N–H and O–H groups in total. The van der Waals surface area contributed by atoms with E-state index in [1.54, 1.807) is 0 Å². The van der Waals surface area contributed by atoms with Crippen molar-refractivity contribution >= 4 is 32.5 Å². The first-order chi connectivity index (χ1) is 7.15. The number of hydrogen-bond donors (Lipinski definition) is 2. The molecule has 0 unspecified atom stereocenters. The SMILES string of the molecule is Cn1c(CCN)c(Br)c2ccc(N)cc21. The molecular weight excluding hydrogens is 254 g/mol. The molecule has 2 aromatic rings. The molecule has 1 aromatic carbocycles. The minimum Gasteiger partial charge on any atom is -0.399 e. The van der Waals surface area contributed by atoms with E-state index in [-0.39, 0.29) is 0 Å². The quantitative estimate of drug-likeness (QED) is 0.819. The predicted molar refractivity (Wildman–Crippen MR) is 67.8 cm³/mol.